The van der Waals surface area contributed by atoms with Gasteiger partial charge in [0.05, 0.1) is 6.04 Å². The lowest BCUT2D eigenvalue weighted by Crippen LogP contribution is -2.63. The lowest BCUT2D eigenvalue weighted by atomic mass is 10.0. The maximum absolute atomic E-state index is 12.0. The van der Waals surface area contributed by atoms with Crippen molar-refractivity contribution in [2.75, 3.05) is 19.6 Å². The summed E-state index contributed by atoms with van der Waals surface area (Å²) >= 11 is 0. The third-order valence-electron chi connectivity index (χ3n) is 3.21. The fourth-order valence-electron chi connectivity index (χ4n) is 2.25. The van der Waals surface area contributed by atoms with E-state index in [9.17, 15) is 4.79 Å². The Morgan fingerprint density at radius 3 is 2.29 bits per heavy atom. The fourth-order valence-corrected chi connectivity index (χ4v) is 2.25. The molecule has 4 heteroatoms. The van der Waals surface area contributed by atoms with Crippen molar-refractivity contribution in [1.29, 1.82) is 0 Å². The van der Waals surface area contributed by atoms with E-state index in [1.165, 1.54) is 0 Å². The molecule has 14 heavy (non-hydrogen) atoms. The van der Waals surface area contributed by atoms with E-state index in [0.717, 1.165) is 26.1 Å². The molecule has 2 heterocycles. The van der Waals surface area contributed by atoms with Crippen LogP contribution in [0.1, 0.15) is 20.3 Å². The highest BCUT2D eigenvalue weighted by molar-refractivity contribution is 5.83. The second kappa shape index (κ2) is 3.87. The minimum absolute atomic E-state index is 0.0954. The first kappa shape index (κ1) is 9.93. The lowest BCUT2D eigenvalue weighted by Gasteiger charge is -2.43. The number of nitrogens with zero attached hydrogens (tertiary/aromatic N) is 1. The van der Waals surface area contributed by atoms with Crippen molar-refractivity contribution in [3.63, 3.8) is 0 Å². The van der Waals surface area contributed by atoms with E-state index in [1.54, 1.807) is 0 Å². The van der Waals surface area contributed by atoms with Crippen LogP contribution in [-0.2, 0) is 4.79 Å². The summed E-state index contributed by atoms with van der Waals surface area (Å²) in [6, 6.07) is 0.750. The van der Waals surface area contributed by atoms with Crippen LogP contribution in [0.3, 0.4) is 0 Å². The molecule has 0 aromatic rings. The first-order valence-electron chi connectivity index (χ1n) is 5.46. The number of carbonyl (C=O) groups excluding carboxylic acids is 1. The van der Waals surface area contributed by atoms with E-state index >= 15 is 0 Å². The summed E-state index contributed by atoms with van der Waals surface area (Å²) in [7, 11) is 0. The van der Waals surface area contributed by atoms with Crippen LogP contribution in [0.2, 0.25) is 0 Å². The standard InChI is InChI=1S/C10H19N3O/c1-7-5-11-6-8(2)13(7)10(14)9-3-4-12-9/h7-9,11-12H,3-6H2,1-2H3/t7-,8+,9-/m1/s1. The third-order valence-corrected chi connectivity index (χ3v) is 3.21. The van der Waals surface area contributed by atoms with Gasteiger partial charge in [0, 0.05) is 25.2 Å². The number of rotatable bonds is 1. The molecule has 0 spiro atoms. The van der Waals surface area contributed by atoms with Gasteiger partial charge in [-0.25, -0.2) is 0 Å². The van der Waals surface area contributed by atoms with Gasteiger partial charge in [-0.15, -0.1) is 0 Å². The van der Waals surface area contributed by atoms with Crippen LogP contribution in [-0.4, -0.2) is 48.6 Å². The van der Waals surface area contributed by atoms with Crippen molar-refractivity contribution in [2.24, 2.45) is 0 Å². The highest BCUT2D eigenvalue weighted by Gasteiger charge is 2.35. The molecule has 4 nitrogen and oxygen atoms in total. The zero-order valence-corrected chi connectivity index (χ0v) is 8.92. The van der Waals surface area contributed by atoms with Crippen LogP contribution in [0.15, 0.2) is 0 Å². The van der Waals surface area contributed by atoms with Crippen molar-refractivity contribution in [3.05, 3.63) is 0 Å². The van der Waals surface area contributed by atoms with Gasteiger partial charge >= 0.3 is 0 Å². The van der Waals surface area contributed by atoms with Crippen molar-refractivity contribution in [3.8, 4) is 0 Å². The van der Waals surface area contributed by atoms with Gasteiger partial charge in [-0.2, -0.15) is 0 Å². The summed E-state index contributed by atoms with van der Waals surface area (Å²) in [6.07, 6.45) is 1.00. The second-order valence-electron chi connectivity index (χ2n) is 4.40. The molecule has 0 unspecified atom stereocenters. The highest BCUT2D eigenvalue weighted by Crippen LogP contribution is 2.15. The van der Waals surface area contributed by atoms with E-state index in [-0.39, 0.29) is 11.9 Å². The Bertz CT molecular complexity index is 217. The summed E-state index contributed by atoms with van der Waals surface area (Å²) in [4.78, 5) is 14.1. The molecule has 3 atom stereocenters. The van der Waals surface area contributed by atoms with Gasteiger partial charge in [0.15, 0.2) is 0 Å². The average molecular weight is 197 g/mol. The van der Waals surface area contributed by atoms with Crippen LogP contribution >= 0.6 is 0 Å². The van der Waals surface area contributed by atoms with Gasteiger partial charge in [0.25, 0.3) is 0 Å². The van der Waals surface area contributed by atoms with Gasteiger partial charge < -0.3 is 15.5 Å². The number of hydrogen-bond donors (Lipinski definition) is 2. The molecule has 2 fully saturated rings. The Labute approximate surface area is 85.0 Å². The quantitative estimate of drug-likeness (QED) is 0.599. The molecule has 80 valence electrons. The molecule has 0 bridgehead atoms. The molecule has 2 N–H and O–H groups in total. The summed E-state index contributed by atoms with van der Waals surface area (Å²) < 4.78 is 0. The zero-order chi connectivity index (χ0) is 10.1. The van der Waals surface area contributed by atoms with Crippen LogP contribution in [0.25, 0.3) is 0 Å². The number of nitrogens with one attached hydrogen (secondary N) is 2. The van der Waals surface area contributed by atoms with Crippen LogP contribution in [0, 0.1) is 0 Å². The second-order valence-corrected chi connectivity index (χ2v) is 4.40. The van der Waals surface area contributed by atoms with Crippen LogP contribution in [0.5, 0.6) is 0 Å². The lowest BCUT2D eigenvalue weighted by molar-refractivity contribution is -0.140. The molecule has 2 rings (SSSR count). The summed E-state index contributed by atoms with van der Waals surface area (Å²) in [5, 5.41) is 6.50. The largest absolute Gasteiger partial charge is 0.333 e. The monoisotopic (exact) mass is 197 g/mol. The Morgan fingerprint density at radius 2 is 1.86 bits per heavy atom. The normalized spacial score (nSPS) is 37.9. The Kier molecular flexibility index (Phi) is 2.74. The average Bonchev–Trinajstić information content (AvgIpc) is 2.00. The molecular weight excluding hydrogens is 178 g/mol. The van der Waals surface area contributed by atoms with Crippen molar-refractivity contribution < 1.29 is 4.79 Å². The van der Waals surface area contributed by atoms with E-state index in [0.29, 0.717) is 12.1 Å². The first-order chi connectivity index (χ1) is 6.70. The molecule has 0 radical (unpaired) electrons. The van der Waals surface area contributed by atoms with Crippen LogP contribution in [0.4, 0.5) is 0 Å². The Morgan fingerprint density at radius 1 is 1.29 bits per heavy atom. The Balaban J connectivity index is 2.01. The van der Waals surface area contributed by atoms with Crippen molar-refractivity contribution in [2.45, 2.75) is 38.4 Å². The molecule has 2 aliphatic heterocycles. The van der Waals surface area contributed by atoms with Crippen molar-refractivity contribution >= 4 is 5.91 Å². The predicted molar refractivity (Wildman–Crippen MR) is 55.0 cm³/mol. The van der Waals surface area contributed by atoms with Gasteiger partial charge in [0.1, 0.15) is 0 Å². The molecule has 0 aromatic heterocycles. The molecular formula is C10H19N3O. The number of amides is 1. The highest BCUT2D eigenvalue weighted by atomic mass is 16.2. The summed E-state index contributed by atoms with van der Waals surface area (Å²) in [5.74, 6) is 0.290. The molecule has 0 aliphatic carbocycles. The fraction of sp³-hybridized carbons (Fsp3) is 0.900. The first-order valence-corrected chi connectivity index (χ1v) is 5.46. The molecule has 2 saturated heterocycles. The number of carbonyl (C=O) groups is 1. The van der Waals surface area contributed by atoms with E-state index < -0.39 is 0 Å². The van der Waals surface area contributed by atoms with Gasteiger partial charge in [-0.1, -0.05) is 0 Å². The molecule has 0 aromatic carbocycles. The number of piperazine rings is 1. The number of hydrogen-bond acceptors (Lipinski definition) is 3. The smallest absolute Gasteiger partial charge is 0.240 e. The van der Waals surface area contributed by atoms with Crippen molar-refractivity contribution in [1.82, 2.24) is 15.5 Å². The zero-order valence-electron chi connectivity index (χ0n) is 8.92. The van der Waals surface area contributed by atoms with E-state index in [1.807, 2.05) is 4.90 Å². The Hall–Kier alpha value is -0.610. The van der Waals surface area contributed by atoms with E-state index in [4.69, 9.17) is 0 Å². The SMILES string of the molecule is C[C@@H]1CNC[C@H](C)N1C(=O)[C@H]1CCN1. The topological polar surface area (TPSA) is 44.4 Å². The van der Waals surface area contributed by atoms with Crippen LogP contribution < -0.4 is 10.6 Å². The molecule has 2 aliphatic rings. The minimum atomic E-state index is 0.0954. The predicted octanol–water partition coefficient (Wildman–Crippen LogP) is -0.443. The summed E-state index contributed by atoms with van der Waals surface area (Å²) in [5.41, 5.74) is 0. The third kappa shape index (κ3) is 1.64. The minimum Gasteiger partial charge on any atom is -0.333 e. The molecule has 0 saturated carbocycles. The van der Waals surface area contributed by atoms with Gasteiger partial charge in [-0.05, 0) is 26.8 Å². The maximum Gasteiger partial charge on any atom is 0.240 e. The maximum atomic E-state index is 12.0. The van der Waals surface area contributed by atoms with Gasteiger partial charge in [-0.3, -0.25) is 4.79 Å². The van der Waals surface area contributed by atoms with Gasteiger partial charge in [0.2, 0.25) is 5.91 Å². The van der Waals surface area contributed by atoms with E-state index in [2.05, 4.69) is 24.5 Å². The summed E-state index contributed by atoms with van der Waals surface area (Å²) in [6.45, 7) is 7.05. The molecule has 1 amide bonds.